The number of ether oxygens (including phenoxy) is 1. The predicted molar refractivity (Wildman–Crippen MR) is 70.3 cm³/mol. The molecule has 1 heterocycles. The molecule has 2 unspecified atom stereocenters. The van der Waals surface area contributed by atoms with Crippen LogP contribution in [0.1, 0.15) is 42.4 Å². The van der Waals surface area contributed by atoms with Crippen molar-refractivity contribution >= 4 is 0 Å². The van der Waals surface area contributed by atoms with E-state index in [2.05, 4.69) is 12.1 Å². The molecule has 0 amide bonds. The molecule has 18 heavy (non-hydrogen) atoms. The molecule has 1 aromatic rings. The van der Waals surface area contributed by atoms with Gasteiger partial charge < -0.3 is 15.6 Å². The molecule has 3 rings (SSSR count). The highest BCUT2D eigenvalue weighted by atomic mass is 16.5. The van der Waals surface area contributed by atoms with E-state index in [0.29, 0.717) is 19.8 Å². The van der Waals surface area contributed by atoms with Crippen LogP contribution in [0.3, 0.4) is 0 Å². The van der Waals surface area contributed by atoms with Crippen LogP contribution >= 0.6 is 0 Å². The van der Waals surface area contributed by atoms with Gasteiger partial charge in [-0.2, -0.15) is 0 Å². The van der Waals surface area contributed by atoms with E-state index in [1.807, 2.05) is 12.1 Å². The smallest absolute Gasteiger partial charge is 0.0881 e. The Labute approximate surface area is 108 Å². The Balaban J connectivity index is 1.79. The van der Waals surface area contributed by atoms with Crippen molar-refractivity contribution in [3.05, 3.63) is 35.4 Å². The standard InChI is InChI=1S/C15H21NO2/c16-9-15(7-8-18-10-15)14(17)13-5-3-12(4-6-13)11-1-2-11/h3-6,11,14,17H,1-2,7-10,16H2. The van der Waals surface area contributed by atoms with Gasteiger partial charge >= 0.3 is 0 Å². The highest BCUT2D eigenvalue weighted by Gasteiger charge is 2.41. The second-order valence-corrected chi connectivity index (χ2v) is 5.71. The first kappa shape index (κ1) is 12.2. The molecule has 2 atom stereocenters. The summed E-state index contributed by atoms with van der Waals surface area (Å²) in [4.78, 5) is 0. The predicted octanol–water partition coefficient (Wildman–Crippen LogP) is 1.96. The van der Waals surface area contributed by atoms with Gasteiger partial charge in [0.05, 0.1) is 12.7 Å². The molecule has 1 saturated heterocycles. The fourth-order valence-electron chi connectivity index (χ4n) is 2.83. The van der Waals surface area contributed by atoms with Gasteiger partial charge in [0.15, 0.2) is 0 Å². The van der Waals surface area contributed by atoms with Crippen LogP contribution in [0, 0.1) is 5.41 Å². The summed E-state index contributed by atoms with van der Waals surface area (Å²) < 4.78 is 5.43. The number of nitrogens with two attached hydrogens (primary N) is 1. The van der Waals surface area contributed by atoms with E-state index >= 15 is 0 Å². The molecule has 0 radical (unpaired) electrons. The quantitative estimate of drug-likeness (QED) is 0.855. The number of rotatable bonds is 4. The molecule has 1 aromatic carbocycles. The number of aliphatic hydroxyl groups excluding tert-OH is 1. The molecule has 0 spiro atoms. The van der Waals surface area contributed by atoms with Gasteiger partial charge in [0, 0.05) is 18.6 Å². The van der Waals surface area contributed by atoms with Gasteiger partial charge in [0.25, 0.3) is 0 Å². The first-order valence-corrected chi connectivity index (χ1v) is 6.81. The Morgan fingerprint density at radius 1 is 1.33 bits per heavy atom. The van der Waals surface area contributed by atoms with Crippen LogP contribution in [0.25, 0.3) is 0 Å². The molecule has 0 bridgehead atoms. The van der Waals surface area contributed by atoms with Crippen LogP contribution in [0.5, 0.6) is 0 Å². The molecule has 1 aliphatic heterocycles. The second kappa shape index (κ2) is 4.65. The maximum absolute atomic E-state index is 10.6. The Kier molecular flexibility index (Phi) is 3.14. The molecule has 3 heteroatoms. The molecular weight excluding hydrogens is 226 g/mol. The Morgan fingerprint density at radius 3 is 2.56 bits per heavy atom. The van der Waals surface area contributed by atoms with E-state index in [1.165, 1.54) is 18.4 Å². The van der Waals surface area contributed by atoms with Gasteiger partial charge in [0.2, 0.25) is 0 Å². The topological polar surface area (TPSA) is 55.5 Å². The van der Waals surface area contributed by atoms with Gasteiger partial charge in [0.1, 0.15) is 0 Å². The number of hydrogen-bond acceptors (Lipinski definition) is 3. The second-order valence-electron chi connectivity index (χ2n) is 5.71. The molecule has 1 saturated carbocycles. The van der Waals surface area contributed by atoms with Crippen molar-refractivity contribution in [2.75, 3.05) is 19.8 Å². The number of hydrogen-bond donors (Lipinski definition) is 2. The fourth-order valence-corrected chi connectivity index (χ4v) is 2.83. The monoisotopic (exact) mass is 247 g/mol. The van der Waals surface area contributed by atoms with Gasteiger partial charge in [-0.3, -0.25) is 0 Å². The fraction of sp³-hybridized carbons (Fsp3) is 0.600. The summed E-state index contributed by atoms with van der Waals surface area (Å²) in [5.74, 6) is 0.759. The van der Waals surface area contributed by atoms with E-state index in [-0.39, 0.29) is 5.41 Å². The van der Waals surface area contributed by atoms with Crippen molar-refractivity contribution in [3.8, 4) is 0 Å². The largest absolute Gasteiger partial charge is 0.388 e. The van der Waals surface area contributed by atoms with E-state index in [1.54, 1.807) is 0 Å². The van der Waals surface area contributed by atoms with Crippen molar-refractivity contribution in [2.45, 2.75) is 31.3 Å². The van der Waals surface area contributed by atoms with Crippen molar-refractivity contribution in [2.24, 2.45) is 11.1 Å². The lowest BCUT2D eigenvalue weighted by Gasteiger charge is -2.31. The lowest BCUT2D eigenvalue weighted by molar-refractivity contribution is 0.0191. The summed E-state index contributed by atoms with van der Waals surface area (Å²) in [6.07, 6.45) is 2.94. The lowest BCUT2D eigenvalue weighted by atomic mass is 9.78. The Morgan fingerprint density at radius 2 is 2.06 bits per heavy atom. The maximum atomic E-state index is 10.6. The molecular formula is C15H21NO2. The highest BCUT2D eigenvalue weighted by Crippen LogP contribution is 2.43. The van der Waals surface area contributed by atoms with E-state index < -0.39 is 6.10 Å². The van der Waals surface area contributed by atoms with Crippen molar-refractivity contribution in [3.63, 3.8) is 0 Å². The summed E-state index contributed by atoms with van der Waals surface area (Å²) in [6.45, 7) is 1.74. The normalized spacial score (nSPS) is 29.4. The van der Waals surface area contributed by atoms with Crippen LogP contribution in [0.4, 0.5) is 0 Å². The maximum Gasteiger partial charge on any atom is 0.0881 e. The van der Waals surface area contributed by atoms with Crippen LogP contribution < -0.4 is 5.73 Å². The lowest BCUT2D eigenvalue weighted by Crippen LogP contribution is -2.37. The average molecular weight is 247 g/mol. The van der Waals surface area contributed by atoms with E-state index in [9.17, 15) is 5.11 Å². The zero-order valence-electron chi connectivity index (χ0n) is 10.6. The summed E-state index contributed by atoms with van der Waals surface area (Å²) in [7, 11) is 0. The van der Waals surface area contributed by atoms with Crippen LogP contribution in [0.2, 0.25) is 0 Å². The first-order valence-electron chi connectivity index (χ1n) is 6.81. The number of benzene rings is 1. The SMILES string of the molecule is NCC1(C(O)c2ccc(C3CC3)cc2)CCOC1. The molecule has 0 aromatic heterocycles. The molecule has 98 valence electrons. The van der Waals surface area contributed by atoms with Gasteiger partial charge in [-0.25, -0.2) is 0 Å². The highest BCUT2D eigenvalue weighted by molar-refractivity contribution is 5.30. The van der Waals surface area contributed by atoms with Gasteiger partial charge in [-0.15, -0.1) is 0 Å². The van der Waals surface area contributed by atoms with Crippen molar-refractivity contribution in [1.82, 2.24) is 0 Å². The van der Waals surface area contributed by atoms with Crippen molar-refractivity contribution in [1.29, 1.82) is 0 Å². The zero-order valence-corrected chi connectivity index (χ0v) is 10.6. The molecule has 3 N–H and O–H groups in total. The molecule has 3 nitrogen and oxygen atoms in total. The number of aliphatic hydroxyl groups is 1. The average Bonchev–Trinajstić information content (AvgIpc) is 3.16. The van der Waals surface area contributed by atoms with Crippen LogP contribution in [-0.2, 0) is 4.74 Å². The Bertz CT molecular complexity index is 405. The summed E-state index contributed by atoms with van der Waals surface area (Å²) >= 11 is 0. The van der Waals surface area contributed by atoms with Gasteiger partial charge in [-0.05, 0) is 36.3 Å². The minimum Gasteiger partial charge on any atom is -0.388 e. The molecule has 1 aliphatic carbocycles. The first-order chi connectivity index (χ1) is 8.75. The van der Waals surface area contributed by atoms with E-state index in [4.69, 9.17) is 10.5 Å². The molecule has 2 aliphatic rings. The van der Waals surface area contributed by atoms with Gasteiger partial charge in [-0.1, -0.05) is 24.3 Å². The van der Waals surface area contributed by atoms with Crippen LogP contribution in [-0.4, -0.2) is 24.9 Å². The van der Waals surface area contributed by atoms with Crippen LogP contribution in [0.15, 0.2) is 24.3 Å². The third-order valence-electron chi connectivity index (χ3n) is 4.42. The molecule has 2 fully saturated rings. The summed E-state index contributed by atoms with van der Waals surface area (Å²) in [5.41, 5.74) is 7.93. The zero-order chi connectivity index (χ0) is 12.6. The third-order valence-corrected chi connectivity index (χ3v) is 4.42. The third kappa shape index (κ3) is 2.07. The summed E-state index contributed by atoms with van der Waals surface area (Å²) in [5, 5.41) is 10.6. The van der Waals surface area contributed by atoms with E-state index in [0.717, 1.165) is 17.9 Å². The Hall–Kier alpha value is -0.900. The minimum atomic E-state index is -0.516. The minimum absolute atomic E-state index is 0.291. The van der Waals surface area contributed by atoms with Crippen molar-refractivity contribution < 1.29 is 9.84 Å². The summed E-state index contributed by atoms with van der Waals surface area (Å²) in [6, 6.07) is 8.40.